The van der Waals surface area contributed by atoms with Crippen LogP contribution < -0.4 is 10.5 Å². The van der Waals surface area contributed by atoms with Crippen molar-refractivity contribution in [1.29, 1.82) is 0 Å². The van der Waals surface area contributed by atoms with Gasteiger partial charge in [-0.1, -0.05) is 0 Å². The van der Waals surface area contributed by atoms with Crippen molar-refractivity contribution >= 4 is 21.7 Å². The van der Waals surface area contributed by atoms with E-state index in [1.54, 1.807) is 0 Å². The van der Waals surface area contributed by atoms with Crippen LogP contribution >= 0.6 is 0 Å². The van der Waals surface area contributed by atoms with Gasteiger partial charge in [0.15, 0.2) is 0 Å². The van der Waals surface area contributed by atoms with Crippen LogP contribution in [0.4, 0.5) is 5.69 Å². The summed E-state index contributed by atoms with van der Waals surface area (Å²) in [6.45, 7) is 1.40. The lowest BCUT2D eigenvalue weighted by molar-refractivity contribution is -0.142. The number of carbonyl (C=O) groups excluding carboxylic acids is 1. The molecule has 1 atom stereocenters. The number of hydrogen-bond acceptors (Lipinski definition) is 5. The maximum absolute atomic E-state index is 11.8. The van der Waals surface area contributed by atoms with E-state index in [0.717, 1.165) is 0 Å². The van der Waals surface area contributed by atoms with Crippen molar-refractivity contribution in [2.75, 3.05) is 12.8 Å². The molecule has 0 fully saturated rings. The van der Waals surface area contributed by atoms with E-state index in [1.165, 1.54) is 38.3 Å². The van der Waals surface area contributed by atoms with Crippen molar-refractivity contribution in [1.82, 2.24) is 4.72 Å². The van der Waals surface area contributed by atoms with Gasteiger partial charge >= 0.3 is 5.97 Å². The van der Waals surface area contributed by atoms with Crippen LogP contribution in [0.3, 0.4) is 0 Å². The molecule has 1 rings (SSSR count). The first kappa shape index (κ1) is 13.5. The first-order valence-electron chi connectivity index (χ1n) is 4.82. The zero-order valence-electron chi connectivity index (χ0n) is 9.51. The molecule has 3 N–H and O–H groups in total. The number of rotatable bonds is 4. The third-order valence-corrected chi connectivity index (χ3v) is 3.63. The highest BCUT2D eigenvalue weighted by Crippen LogP contribution is 2.11. The van der Waals surface area contributed by atoms with Crippen LogP contribution in [0.15, 0.2) is 29.2 Å². The molecule has 0 unspecified atom stereocenters. The SMILES string of the molecule is COC(=O)[C@@H](C)NS(=O)(=O)c1ccc(N)cc1. The highest BCUT2D eigenvalue weighted by molar-refractivity contribution is 7.89. The number of carbonyl (C=O) groups is 1. The average molecular weight is 258 g/mol. The van der Waals surface area contributed by atoms with E-state index in [9.17, 15) is 13.2 Å². The van der Waals surface area contributed by atoms with Gasteiger partial charge in [0, 0.05) is 5.69 Å². The highest BCUT2D eigenvalue weighted by atomic mass is 32.2. The Bertz CT molecular complexity index is 496. The van der Waals surface area contributed by atoms with E-state index in [-0.39, 0.29) is 4.90 Å². The van der Waals surface area contributed by atoms with Crippen molar-refractivity contribution in [2.45, 2.75) is 17.9 Å². The molecule has 0 heterocycles. The number of nitrogen functional groups attached to an aromatic ring is 1. The Hall–Kier alpha value is -1.60. The fraction of sp³-hybridized carbons (Fsp3) is 0.300. The van der Waals surface area contributed by atoms with Gasteiger partial charge in [-0.25, -0.2) is 8.42 Å². The molecule has 94 valence electrons. The number of esters is 1. The summed E-state index contributed by atoms with van der Waals surface area (Å²) < 4.78 is 30.3. The van der Waals surface area contributed by atoms with Gasteiger partial charge in [0.05, 0.1) is 12.0 Å². The third-order valence-electron chi connectivity index (χ3n) is 2.08. The standard InChI is InChI=1S/C10H14N2O4S/c1-7(10(13)16-2)12-17(14,15)9-5-3-8(11)4-6-9/h3-7,12H,11H2,1-2H3/t7-/m1/s1. The summed E-state index contributed by atoms with van der Waals surface area (Å²) >= 11 is 0. The van der Waals surface area contributed by atoms with E-state index >= 15 is 0 Å². The molecule has 0 aliphatic rings. The highest BCUT2D eigenvalue weighted by Gasteiger charge is 2.22. The maximum Gasteiger partial charge on any atom is 0.323 e. The molecule has 0 aliphatic heterocycles. The van der Waals surface area contributed by atoms with Gasteiger partial charge in [-0.3, -0.25) is 4.79 Å². The van der Waals surface area contributed by atoms with Crippen molar-refractivity contribution in [3.8, 4) is 0 Å². The van der Waals surface area contributed by atoms with Gasteiger partial charge in [0.1, 0.15) is 6.04 Å². The largest absolute Gasteiger partial charge is 0.468 e. The minimum Gasteiger partial charge on any atom is -0.468 e. The van der Waals surface area contributed by atoms with Gasteiger partial charge in [-0.05, 0) is 31.2 Å². The molecule has 0 saturated carbocycles. The quantitative estimate of drug-likeness (QED) is 0.590. The lowest BCUT2D eigenvalue weighted by Crippen LogP contribution is -2.39. The Morgan fingerprint density at radius 3 is 2.35 bits per heavy atom. The summed E-state index contributed by atoms with van der Waals surface area (Å²) in [7, 11) is -2.55. The summed E-state index contributed by atoms with van der Waals surface area (Å²) in [5.74, 6) is -0.649. The number of anilines is 1. The molecule has 0 aliphatic carbocycles. The number of nitrogens with two attached hydrogens (primary N) is 1. The molecule has 0 radical (unpaired) electrons. The van der Waals surface area contributed by atoms with Crippen molar-refractivity contribution in [3.63, 3.8) is 0 Å². The molecule has 0 saturated heterocycles. The van der Waals surface area contributed by atoms with Gasteiger partial charge in [-0.2, -0.15) is 4.72 Å². The second-order valence-electron chi connectivity index (χ2n) is 3.44. The van der Waals surface area contributed by atoms with Crippen LogP contribution in [0.2, 0.25) is 0 Å². The third kappa shape index (κ3) is 3.43. The topological polar surface area (TPSA) is 98.5 Å². The average Bonchev–Trinajstić information content (AvgIpc) is 2.27. The number of hydrogen-bond donors (Lipinski definition) is 2. The molecule has 17 heavy (non-hydrogen) atoms. The van der Waals surface area contributed by atoms with Gasteiger partial charge < -0.3 is 10.5 Å². The van der Waals surface area contributed by atoms with E-state index < -0.39 is 22.0 Å². The summed E-state index contributed by atoms with van der Waals surface area (Å²) in [5.41, 5.74) is 5.91. The number of ether oxygens (including phenoxy) is 1. The molecule has 6 nitrogen and oxygen atoms in total. The smallest absolute Gasteiger partial charge is 0.323 e. The van der Waals surface area contributed by atoms with Crippen molar-refractivity contribution < 1.29 is 17.9 Å². The molecule has 7 heteroatoms. The zero-order chi connectivity index (χ0) is 13.1. The van der Waals surface area contributed by atoms with Crippen LogP contribution in [-0.4, -0.2) is 27.5 Å². The normalized spacial score (nSPS) is 13.1. The second kappa shape index (κ2) is 5.15. The predicted molar refractivity (Wildman–Crippen MR) is 62.7 cm³/mol. The first-order chi connectivity index (χ1) is 7.86. The number of benzene rings is 1. The Labute approximate surface area is 99.8 Å². The Morgan fingerprint density at radius 2 is 1.88 bits per heavy atom. The monoisotopic (exact) mass is 258 g/mol. The molecular weight excluding hydrogens is 244 g/mol. The molecular formula is C10H14N2O4S. The Morgan fingerprint density at radius 1 is 1.35 bits per heavy atom. The number of methoxy groups -OCH3 is 1. The fourth-order valence-electron chi connectivity index (χ4n) is 1.17. The van der Waals surface area contributed by atoms with Crippen LogP contribution in [0.25, 0.3) is 0 Å². The van der Waals surface area contributed by atoms with Gasteiger partial charge in [-0.15, -0.1) is 0 Å². The lowest BCUT2D eigenvalue weighted by Gasteiger charge is -2.12. The zero-order valence-corrected chi connectivity index (χ0v) is 10.3. The molecule has 1 aromatic rings. The maximum atomic E-state index is 11.8. The minimum absolute atomic E-state index is 0.0439. The fourth-order valence-corrected chi connectivity index (χ4v) is 2.36. The van der Waals surface area contributed by atoms with E-state index in [2.05, 4.69) is 9.46 Å². The first-order valence-corrected chi connectivity index (χ1v) is 6.31. The molecule has 0 bridgehead atoms. The Balaban J connectivity index is 2.89. The van der Waals surface area contributed by atoms with Crippen LogP contribution in [0.5, 0.6) is 0 Å². The Kier molecular flexibility index (Phi) is 4.08. The predicted octanol–water partition coefficient (Wildman–Crippen LogP) is 0.109. The van der Waals surface area contributed by atoms with E-state index in [4.69, 9.17) is 5.73 Å². The van der Waals surface area contributed by atoms with Crippen molar-refractivity contribution in [2.24, 2.45) is 0 Å². The molecule has 0 aromatic heterocycles. The number of nitrogens with one attached hydrogen (secondary N) is 1. The summed E-state index contributed by atoms with van der Waals surface area (Å²) in [5, 5.41) is 0. The van der Waals surface area contributed by atoms with Crippen molar-refractivity contribution in [3.05, 3.63) is 24.3 Å². The summed E-state index contributed by atoms with van der Waals surface area (Å²) in [4.78, 5) is 11.1. The number of sulfonamides is 1. The molecule has 1 aromatic carbocycles. The minimum atomic E-state index is -3.74. The molecule has 0 amide bonds. The van der Waals surface area contributed by atoms with Crippen LogP contribution in [0.1, 0.15) is 6.92 Å². The van der Waals surface area contributed by atoms with Gasteiger partial charge in [0.25, 0.3) is 0 Å². The lowest BCUT2D eigenvalue weighted by atomic mass is 10.3. The van der Waals surface area contributed by atoms with Crippen LogP contribution in [0, 0.1) is 0 Å². The second-order valence-corrected chi connectivity index (χ2v) is 5.15. The molecule has 0 spiro atoms. The summed E-state index contributed by atoms with van der Waals surface area (Å²) in [6, 6.07) is 4.72. The van der Waals surface area contributed by atoms with E-state index in [1.807, 2.05) is 0 Å². The van der Waals surface area contributed by atoms with Gasteiger partial charge in [0.2, 0.25) is 10.0 Å². The summed E-state index contributed by atoms with van der Waals surface area (Å²) in [6.07, 6.45) is 0. The van der Waals surface area contributed by atoms with Crippen LogP contribution in [-0.2, 0) is 19.6 Å². The van der Waals surface area contributed by atoms with E-state index in [0.29, 0.717) is 5.69 Å².